The molecule has 2 rings (SSSR count). The number of rotatable bonds is 7. The molecule has 1 saturated carbocycles. The van der Waals surface area contributed by atoms with Gasteiger partial charge < -0.3 is 9.47 Å². The molecule has 0 radical (unpaired) electrons. The summed E-state index contributed by atoms with van der Waals surface area (Å²) in [5.74, 6) is 0.429. The monoisotopic (exact) mass is 309 g/mol. The molecule has 0 aromatic heterocycles. The molecule has 0 unspecified atom stereocenters. The van der Waals surface area contributed by atoms with Crippen molar-refractivity contribution >= 4 is 5.97 Å². The number of ether oxygens (including phenoxy) is 2. The maximum absolute atomic E-state index is 11.1. The summed E-state index contributed by atoms with van der Waals surface area (Å²) in [6.45, 7) is 6.53. The first-order valence-corrected chi connectivity index (χ1v) is 8.92. The van der Waals surface area contributed by atoms with Crippen molar-refractivity contribution in [3.8, 4) is 0 Å². The van der Waals surface area contributed by atoms with Crippen LogP contribution in [0.5, 0.6) is 0 Å². The highest BCUT2D eigenvalue weighted by molar-refractivity contribution is 5.66. The lowest BCUT2D eigenvalue weighted by atomic mass is 9.82. The average molecular weight is 309 g/mol. The summed E-state index contributed by atoms with van der Waals surface area (Å²) in [6.07, 6.45) is 11.7. The van der Waals surface area contributed by atoms with E-state index in [0.29, 0.717) is 5.92 Å². The number of carbonyl (C=O) groups is 1. The van der Waals surface area contributed by atoms with Gasteiger partial charge in [0.15, 0.2) is 0 Å². The highest BCUT2D eigenvalue weighted by atomic mass is 16.5. The third kappa shape index (κ3) is 6.49. The van der Waals surface area contributed by atoms with Gasteiger partial charge in [0, 0.05) is 20.0 Å². The smallest absolute Gasteiger partial charge is 0.307 e. The molecule has 0 bridgehead atoms. The van der Waals surface area contributed by atoms with Crippen molar-refractivity contribution in [2.24, 2.45) is 5.92 Å². The van der Waals surface area contributed by atoms with Crippen molar-refractivity contribution in [1.29, 1.82) is 0 Å². The van der Waals surface area contributed by atoms with Crippen molar-refractivity contribution < 1.29 is 14.3 Å². The normalized spacial score (nSPS) is 21.8. The Kier molecular flexibility index (Phi) is 7.95. The van der Waals surface area contributed by atoms with E-state index in [0.717, 1.165) is 39.3 Å². The molecular formula is C18H31NO3. The van der Waals surface area contributed by atoms with E-state index in [1.54, 1.807) is 6.26 Å². The van der Waals surface area contributed by atoms with E-state index in [4.69, 9.17) is 9.47 Å². The van der Waals surface area contributed by atoms with Crippen LogP contribution in [0.4, 0.5) is 0 Å². The molecule has 4 nitrogen and oxygen atoms in total. The summed E-state index contributed by atoms with van der Waals surface area (Å²) >= 11 is 0. The highest BCUT2D eigenvalue weighted by Crippen LogP contribution is 2.32. The van der Waals surface area contributed by atoms with Crippen LogP contribution in [0.2, 0.25) is 0 Å². The summed E-state index contributed by atoms with van der Waals surface area (Å²) in [7, 11) is 0. The van der Waals surface area contributed by atoms with Gasteiger partial charge in [0.1, 0.15) is 0 Å². The van der Waals surface area contributed by atoms with E-state index >= 15 is 0 Å². The zero-order valence-corrected chi connectivity index (χ0v) is 14.0. The van der Waals surface area contributed by atoms with Gasteiger partial charge in [-0.1, -0.05) is 19.3 Å². The largest absolute Gasteiger partial charge is 0.435 e. The predicted octanol–water partition coefficient (Wildman–Crippen LogP) is 3.52. The molecule has 0 spiro atoms. The molecule has 0 aromatic rings. The fourth-order valence-electron chi connectivity index (χ4n) is 3.48. The SMILES string of the molecule is CC(=O)O/C=C(/CCCCN1CCOCC1)C1CCCCC1. The second-order valence-electron chi connectivity index (χ2n) is 6.55. The van der Waals surface area contributed by atoms with E-state index in [1.165, 1.54) is 57.4 Å². The number of hydrogen-bond donors (Lipinski definition) is 0. The highest BCUT2D eigenvalue weighted by Gasteiger charge is 2.18. The van der Waals surface area contributed by atoms with Crippen LogP contribution in [0.1, 0.15) is 58.3 Å². The zero-order chi connectivity index (χ0) is 15.6. The predicted molar refractivity (Wildman–Crippen MR) is 87.5 cm³/mol. The fourth-order valence-corrected chi connectivity index (χ4v) is 3.48. The minimum Gasteiger partial charge on any atom is -0.435 e. The van der Waals surface area contributed by atoms with Crippen LogP contribution in [0.15, 0.2) is 11.8 Å². The van der Waals surface area contributed by atoms with Crippen LogP contribution in [0.25, 0.3) is 0 Å². The van der Waals surface area contributed by atoms with Crippen molar-refractivity contribution in [2.45, 2.75) is 58.3 Å². The van der Waals surface area contributed by atoms with Crippen molar-refractivity contribution in [3.05, 3.63) is 11.8 Å². The number of esters is 1. The number of hydrogen-bond acceptors (Lipinski definition) is 4. The van der Waals surface area contributed by atoms with E-state index in [2.05, 4.69) is 4.90 Å². The van der Waals surface area contributed by atoms with Crippen molar-refractivity contribution in [2.75, 3.05) is 32.8 Å². The number of allylic oxidation sites excluding steroid dienone is 1. The fraction of sp³-hybridized carbons (Fsp3) is 0.833. The first-order chi connectivity index (χ1) is 10.8. The minimum absolute atomic E-state index is 0.207. The zero-order valence-electron chi connectivity index (χ0n) is 14.0. The molecule has 0 N–H and O–H groups in total. The Labute approximate surface area is 134 Å². The molecule has 2 aliphatic rings. The van der Waals surface area contributed by atoms with Gasteiger partial charge in [-0.3, -0.25) is 9.69 Å². The van der Waals surface area contributed by atoms with Crippen LogP contribution in [-0.2, 0) is 14.3 Å². The summed E-state index contributed by atoms with van der Waals surface area (Å²) in [6, 6.07) is 0. The molecule has 1 heterocycles. The molecule has 1 aliphatic carbocycles. The lowest BCUT2D eigenvalue weighted by Crippen LogP contribution is -2.36. The molecular weight excluding hydrogens is 278 g/mol. The molecule has 0 atom stereocenters. The molecule has 0 aromatic carbocycles. The van der Waals surface area contributed by atoms with Crippen LogP contribution < -0.4 is 0 Å². The second kappa shape index (κ2) is 10.0. The van der Waals surface area contributed by atoms with Crippen LogP contribution in [0.3, 0.4) is 0 Å². The van der Waals surface area contributed by atoms with Gasteiger partial charge in [-0.25, -0.2) is 0 Å². The maximum atomic E-state index is 11.1. The van der Waals surface area contributed by atoms with E-state index < -0.39 is 0 Å². The van der Waals surface area contributed by atoms with Crippen LogP contribution in [0, 0.1) is 5.92 Å². The Morgan fingerprint density at radius 2 is 1.91 bits per heavy atom. The second-order valence-corrected chi connectivity index (χ2v) is 6.55. The number of unbranched alkanes of at least 4 members (excludes halogenated alkanes) is 1. The Morgan fingerprint density at radius 1 is 1.18 bits per heavy atom. The van der Waals surface area contributed by atoms with Gasteiger partial charge >= 0.3 is 5.97 Å². The van der Waals surface area contributed by atoms with Gasteiger partial charge in [0.2, 0.25) is 0 Å². The first kappa shape index (κ1) is 17.5. The molecule has 2 fully saturated rings. The third-order valence-corrected chi connectivity index (χ3v) is 4.80. The Bertz CT molecular complexity index is 355. The number of morpholine rings is 1. The molecule has 4 heteroatoms. The molecule has 0 amide bonds. The third-order valence-electron chi connectivity index (χ3n) is 4.80. The first-order valence-electron chi connectivity index (χ1n) is 8.92. The Balaban J connectivity index is 1.73. The van der Waals surface area contributed by atoms with Gasteiger partial charge in [0.25, 0.3) is 0 Å². The average Bonchev–Trinajstić information content (AvgIpc) is 2.56. The standard InChI is InChI=1S/C18H31NO3/c1-16(20)22-15-18(17-7-3-2-4-8-17)9-5-6-10-19-11-13-21-14-12-19/h15,17H,2-14H2,1H3/b18-15-. The van der Waals surface area contributed by atoms with Gasteiger partial charge in [0.05, 0.1) is 19.5 Å². The van der Waals surface area contributed by atoms with Gasteiger partial charge in [-0.2, -0.15) is 0 Å². The van der Waals surface area contributed by atoms with E-state index in [1.807, 2.05) is 0 Å². The number of nitrogens with zero attached hydrogens (tertiary/aromatic N) is 1. The molecule has 1 saturated heterocycles. The molecule has 126 valence electrons. The van der Waals surface area contributed by atoms with Crippen molar-refractivity contribution in [1.82, 2.24) is 4.90 Å². The van der Waals surface area contributed by atoms with Crippen LogP contribution >= 0.6 is 0 Å². The van der Waals surface area contributed by atoms with Crippen molar-refractivity contribution in [3.63, 3.8) is 0 Å². The van der Waals surface area contributed by atoms with E-state index in [-0.39, 0.29) is 5.97 Å². The number of carbonyl (C=O) groups excluding carboxylic acids is 1. The van der Waals surface area contributed by atoms with Gasteiger partial charge in [-0.05, 0) is 50.1 Å². The lowest BCUT2D eigenvalue weighted by molar-refractivity contribution is -0.135. The molecule has 1 aliphatic heterocycles. The van der Waals surface area contributed by atoms with Gasteiger partial charge in [-0.15, -0.1) is 0 Å². The summed E-state index contributed by atoms with van der Waals surface area (Å²) in [4.78, 5) is 13.6. The Hall–Kier alpha value is -0.870. The topological polar surface area (TPSA) is 38.8 Å². The lowest BCUT2D eigenvalue weighted by Gasteiger charge is -2.27. The molecule has 22 heavy (non-hydrogen) atoms. The quantitative estimate of drug-likeness (QED) is 0.410. The maximum Gasteiger partial charge on any atom is 0.307 e. The summed E-state index contributed by atoms with van der Waals surface area (Å²) in [5, 5.41) is 0. The minimum atomic E-state index is -0.207. The van der Waals surface area contributed by atoms with E-state index in [9.17, 15) is 4.79 Å². The van der Waals surface area contributed by atoms with Crippen LogP contribution in [-0.4, -0.2) is 43.7 Å². The Morgan fingerprint density at radius 3 is 2.59 bits per heavy atom. The summed E-state index contributed by atoms with van der Waals surface area (Å²) < 4.78 is 10.6. The summed E-state index contributed by atoms with van der Waals surface area (Å²) in [5.41, 5.74) is 1.36.